The quantitative estimate of drug-likeness (QED) is 0.497. The van der Waals surface area contributed by atoms with E-state index in [9.17, 15) is 9.59 Å². The Morgan fingerprint density at radius 1 is 1.30 bits per heavy atom. The molecule has 1 aliphatic carbocycles. The summed E-state index contributed by atoms with van der Waals surface area (Å²) in [5, 5.41) is 9.64. The maximum Gasteiger partial charge on any atom is 0.259 e. The number of aromatic amines is 1. The van der Waals surface area contributed by atoms with Crippen LogP contribution in [0.2, 0.25) is 0 Å². The van der Waals surface area contributed by atoms with Crippen molar-refractivity contribution in [1.29, 1.82) is 0 Å². The zero-order valence-corrected chi connectivity index (χ0v) is 17.8. The summed E-state index contributed by atoms with van der Waals surface area (Å²) >= 11 is 4.43. The van der Waals surface area contributed by atoms with E-state index in [2.05, 4.69) is 20.2 Å². The van der Waals surface area contributed by atoms with Crippen LogP contribution in [0.15, 0.2) is 9.13 Å². The third-order valence-electron chi connectivity index (χ3n) is 4.57. The number of thiophene rings is 1. The Kier molecular flexibility index (Phi) is 4.81. The van der Waals surface area contributed by atoms with Crippen molar-refractivity contribution in [3.63, 3.8) is 0 Å². The van der Waals surface area contributed by atoms with Gasteiger partial charge >= 0.3 is 0 Å². The molecule has 142 valence electrons. The lowest BCUT2D eigenvalue weighted by Crippen LogP contribution is -2.30. The van der Waals surface area contributed by atoms with Gasteiger partial charge in [-0.05, 0) is 39.2 Å². The first kappa shape index (κ1) is 18.6. The Labute approximate surface area is 168 Å². The highest BCUT2D eigenvalue weighted by Crippen LogP contribution is 2.40. The molecule has 1 amide bonds. The minimum atomic E-state index is -0.0984. The maximum atomic E-state index is 12.5. The number of nitrogens with one attached hydrogen (secondary N) is 1. The summed E-state index contributed by atoms with van der Waals surface area (Å²) in [6, 6.07) is 0.261. The first-order valence-corrected chi connectivity index (χ1v) is 11.2. The van der Waals surface area contributed by atoms with Crippen molar-refractivity contribution >= 4 is 55.7 Å². The molecule has 1 aliphatic rings. The molecular formula is C17H19N5O2S3. The predicted octanol–water partition coefficient (Wildman–Crippen LogP) is 3.82. The molecule has 0 radical (unpaired) electrons. The SMILES string of the molecule is CC(=O)N(c1nnc(SC(C)c2nc3sc(C)c(C)c3c(=O)[nH]2)s1)C1CC1. The van der Waals surface area contributed by atoms with E-state index >= 15 is 0 Å². The van der Waals surface area contributed by atoms with Gasteiger partial charge in [0, 0.05) is 17.8 Å². The van der Waals surface area contributed by atoms with Crippen LogP contribution in [-0.2, 0) is 4.79 Å². The van der Waals surface area contributed by atoms with Crippen LogP contribution in [0.25, 0.3) is 10.2 Å². The molecule has 7 nitrogen and oxygen atoms in total. The van der Waals surface area contributed by atoms with Gasteiger partial charge < -0.3 is 4.98 Å². The van der Waals surface area contributed by atoms with Crippen LogP contribution in [0.5, 0.6) is 0 Å². The molecule has 1 N–H and O–H groups in total. The van der Waals surface area contributed by atoms with Crippen molar-refractivity contribution in [2.75, 3.05) is 4.90 Å². The average Bonchev–Trinajstić information content (AvgIpc) is 3.24. The van der Waals surface area contributed by atoms with Gasteiger partial charge in [0.15, 0.2) is 4.34 Å². The Morgan fingerprint density at radius 3 is 2.70 bits per heavy atom. The highest BCUT2D eigenvalue weighted by molar-refractivity contribution is 8.01. The van der Waals surface area contributed by atoms with Gasteiger partial charge in [0.05, 0.1) is 10.6 Å². The van der Waals surface area contributed by atoms with E-state index in [-0.39, 0.29) is 22.8 Å². The molecular weight excluding hydrogens is 402 g/mol. The summed E-state index contributed by atoms with van der Waals surface area (Å²) in [5.74, 6) is 0.624. The number of anilines is 1. The number of hydrogen-bond donors (Lipinski definition) is 1. The summed E-state index contributed by atoms with van der Waals surface area (Å²) in [6.45, 7) is 7.49. The molecule has 4 rings (SSSR count). The number of thioether (sulfide) groups is 1. The largest absolute Gasteiger partial charge is 0.309 e. The molecule has 1 saturated carbocycles. The Balaban J connectivity index is 1.58. The van der Waals surface area contributed by atoms with E-state index < -0.39 is 0 Å². The summed E-state index contributed by atoms with van der Waals surface area (Å²) in [7, 11) is 0. The lowest BCUT2D eigenvalue weighted by molar-refractivity contribution is -0.116. The zero-order valence-electron chi connectivity index (χ0n) is 15.4. The van der Waals surface area contributed by atoms with Crippen LogP contribution in [0.3, 0.4) is 0 Å². The number of aryl methyl sites for hydroxylation is 2. The van der Waals surface area contributed by atoms with Crippen LogP contribution in [0.4, 0.5) is 5.13 Å². The van der Waals surface area contributed by atoms with Gasteiger partial charge in [-0.1, -0.05) is 23.1 Å². The Bertz CT molecular complexity index is 1080. The van der Waals surface area contributed by atoms with Crippen LogP contribution >= 0.6 is 34.4 Å². The highest BCUT2D eigenvalue weighted by atomic mass is 32.2. The van der Waals surface area contributed by atoms with E-state index in [1.165, 1.54) is 23.1 Å². The van der Waals surface area contributed by atoms with E-state index in [4.69, 9.17) is 0 Å². The van der Waals surface area contributed by atoms with Crippen molar-refractivity contribution in [3.8, 4) is 0 Å². The van der Waals surface area contributed by atoms with E-state index in [0.29, 0.717) is 16.3 Å². The number of carbonyl (C=O) groups is 1. The number of carbonyl (C=O) groups excluding carboxylic acids is 1. The summed E-state index contributed by atoms with van der Waals surface area (Å²) in [5.41, 5.74) is 0.896. The third-order valence-corrected chi connectivity index (χ3v) is 7.79. The van der Waals surface area contributed by atoms with Crippen LogP contribution < -0.4 is 10.5 Å². The Hall–Kier alpha value is -1.78. The van der Waals surface area contributed by atoms with Crippen LogP contribution in [-0.4, -0.2) is 32.1 Å². The minimum Gasteiger partial charge on any atom is -0.309 e. The van der Waals surface area contributed by atoms with Gasteiger partial charge in [-0.25, -0.2) is 4.98 Å². The monoisotopic (exact) mass is 421 g/mol. The molecule has 3 aromatic rings. The maximum absolute atomic E-state index is 12.5. The lowest BCUT2D eigenvalue weighted by Gasteiger charge is -2.15. The van der Waals surface area contributed by atoms with Gasteiger partial charge in [0.1, 0.15) is 10.7 Å². The second kappa shape index (κ2) is 6.99. The molecule has 27 heavy (non-hydrogen) atoms. The van der Waals surface area contributed by atoms with Gasteiger partial charge in [0.2, 0.25) is 11.0 Å². The number of fused-ring (bicyclic) bond motifs is 1. The normalized spacial score (nSPS) is 15.3. The topological polar surface area (TPSA) is 91.8 Å². The fraction of sp³-hybridized carbons (Fsp3) is 0.471. The first-order valence-electron chi connectivity index (χ1n) is 8.65. The van der Waals surface area contributed by atoms with Gasteiger partial charge in [0.25, 0.3) is 5.56 Å². The van der Waals surface area contributed by atoms with Gasteiger partial charge in [-0.3, -0.25) is 14.5 Å². The van der Waals surface area contributed by atoms with E-state index in [0.717, 1.165) is 32.5 Å². The molecule has 0 bridgehead atoms. The van der Waals surface area contributed by atoms with Crippen molar-refractivity contribution < 1.29 is 4.79 Å². The summed E-state index contributed by atoms with van der Waals surface area (Å²) in [6.07, 6.45) is 2.03. The molecule has 10 heteroatoms. The summed E-state index contributed by atoms with van der Waals surface area (Å²) in [4.78, 5) is 35.5. The predicted molar refractivity (Wildman–Crippen MR) is 110 cm³/mol. The highest BCUT2D eigenvalue weighted by Gasteiger charge is 2.34. The number of rotatable bonds is 5. The molecule has 1 unspecified atom stereocenters. The molecule has 3 heterocycles. The molecule has 1 atom stereocenters. The zero-order chi connectivity index (χ0) is 19.3. The van der Waals surface area contributed by atoms with Crippen LogP contribution in [0.1, 0.15) is 48.2 Å². The molecule has 1 fully saturated rings. The van der Waals surface area contributed by atoms with Gasteiger partial charge in [-0.15, -0.1) is 21.5 Å². The van der Waals surface area contributed by atoms with E-state index in [1.54, 1.807) is 23.2 Å². The number of nitrogens with zero attached hydrogens (tertiary/aromatic N) is 4. The first-order chi connectivity index (χ1) is 12.8. The second-order valence-corrected chi connectivity index (χ2v) is 10.4. The molecule has 0 spiro atoms. The fourth-order valence-corrected chi connectivity index (χ4v) is 6.09. The van der Waals surface area contributed by atoms with Crippen molar-refractivity contribution in [3.05, 3.63) is 26.6 Å². The number of amides is 1. The average molecular weight is 422 g/mol. The number of H-pyrrole nitrogens is 1. The third kappa shape index (κ3) is 3.53. The molecule has 3 aromatic heterocycles. The van der Waals surface area contributed by atoms with Crippen molar-refractivity contribution in [1.82, 2.24) is 20.2 Å². The lowest BCUT2D eigenvalue weighted by atomic mass is 10.2. The summed E-state index contributed by atoms with van der Waals surface area (Å²) < 4.78 is 0.755. The van der Waals surface area contributed by atoms with Gasteiger partial charge in [-0.2, -0.15) is 0 Å². The standard InChI is InChI=1S/C17H19N5O2S3/c1-7-8(2)25-15-12(7)14(24)18-13(19-15)9(3)26-17-21-20-16(27-17)22(10(4)23)11-5-6-11/h9,11H,5-6H2,1-4H3,(H,18,19,24). The van der Waals surface area contributed by atoms with Crippen molar-refractivity contribution in [2.24, 2.45) is 0 Å². The van der Waals surface area contributed by atoms with Crippen molar-refractivity contribution in [2.45, 2.75) is 56.2 Å². The van der Waals surface area contributed by atoms with Crippen LogP contribution in [0, 0.1) is 13.8 Å². The Morgan fingerprint density at radius 2 is 2.04 bits per heavy atom. The number of hydrogen-bond acceptors (Lipinski definition) is 8. The minimum absolute atomic E-state index is 0.00173. The fourth-order valence-electron chi connectivity index (χ4n) is 2.90. The second-order valence-electron chi connectivity index (χ2n) is 6.65. The number of aromatic nitrogens is 4. The molecule has 0 aliphatic heterocycles. The van der Waals surface area contributed by atoms with E-state index in [1.807, 2.05) is 20.8 Å². The molecule has 0 saturated heterocycles. The smallest absolute Gasteiger partial charge is 0.259 e. The molecule has 0 aromatic carbocycles.